The molecule has 3 aromatic rings. The van der Waals surface area contributed by atoms with Crippen molar-refractivity contribution in [3.05, 3.63) is 60.3 Å². The molecule has 1 aromatic carbocycles. The van der Waals surface area contributed by atoms with Crippen molar-refractivity contribution in [1.82, 2.24) is 14.3 Å². The normalized spacial score (nSPS) is 14.8. The number of nitrogens with one attached hydrogen (secondary N) is 1. The summed E-state index contributed by atoms with van der Waals surface area (Å²) in [4.78, 5) is 21.0. The Balaban J connectivity index is 1.51. The molecule has 0 spiro atoms. The Bertz CT molecular complexity index is 1120. The smallest absolute Gasteiger partial charge is 0.291 e. The highest BCUT2D eigenvalue weighted by Crippen LogP contribution is 2.26. The van der Waals surface area contributed by atoms with Gasteiger partial charge in [0.2, 0.25) is 10.0 Å². The van der Waals surface area contributed by atoms with Gasteiger partial charge in [-0.15, -0.1) is 0 Å². The highest BCUT2D eigenvalue weighted by Gasteiger charge is 2.31. The lowest BCUT2D eigenvalue weighted by Gasteiger charge is -2.14. The first-order chi connectivity index (χ1) is 13.9. The van der Waals surface area contributed by atoms with Crippen molar-refractivity contribution in [2.24, 2.45) is 0 Å². The number of sulfonamides is 1. The van der Waals surface area contributed by atoms with E-state index in [-0.39, 0.29) is 16.4 Å². The number of anilines is 1. The summed E-state index contributed by atoms with van der Waals surface area (Å²) in [6, 6.07) is 10.7. The first-order valence-electron chi connectivity index (χ1n) is 9.24. The maximum absolute atomic E-state index is 12.7. The molecule has 0 aliphatic carbocycles. The summed E-state index contributed by atoms with van der Waals surface area (Å²) >= 11 is 0. The SMILES string of the molecule is Cc1oc(C(=O)Nc2cnc(-c3ccccc3)nc2)cc1S(=O)(=O)N1CCCC1. The van der Waals surface area contributed by atoms with Crippen LogP contribution in [-0.4, -0.2) is 41.7 Å². The van der Waals surface area contributed by atoms with E-state index in [1.165, 1.54) is 29.7 Å². The fraction of sp³-hybridized carbons (Fsp3) is 0.250. The summed E-state index contributed by atoms with van der Waals surface area (Å²) in [5.41, 5.74) is 1.25. The van der Waals surface area contributed by atoms with E-state index in [9.17, 15) is 13.2 Å². The van der Waals surface area contributed by atoms with Gasteiger partial charge in [-0.05, 0) is 19.8 Å². The number of amides is 1. The van der Waals surface area contributed by atoms with Crippen molar-refractivity contribution in [2.75, 3.05) is 18.4 Å². The maximum atomic E-state index is 12.7. The van der Waals surface area contributed by atoms with Gasteiger partial charge in [0.05, 0.1) is 18.1 Å². The highest BCUT2D eigenvalue weighted by atomic mass is 32.2. The van der Waals surface area contributed by atoms with Crippen molar-refractivity contribution < 1.29 is 17.6 Å². The number of furan rings is 1. The third-order valence-electron chi connectivity index (χ3n) is 4.72. The van der Waals surface area contributed by atoms with Crippen LogP contribution < -0.4 is 5.32 Å². The Hall–Kier alpha value is -3.04. The van der Waals surface area contributed by atoms with Crippen LogP contribution in [0.4, 0.5) is 5.69 Å². The molecule has 1 fully saturated rings. The molecule has 3 heterocycles. The van der Waals surface area contributed by atoms with Gasteiger partial charge >= 0.3 is 0 Å². The van der Waals surface area contributed by atoms with Gasteiger partial charge in [-0.2, -0.15) is 4.31 Å². The lowest BCUT2D eigenvalue weighted by atomic mass is 10.2. The van der Waals surface area contributed by atoms with E-state index in [4.69, 9.17) is 4.42 Å². The topological polar surface area (TPSA) is 105 Å². The van der Waals surface area contributed by atoms with E-state index in [1.807, 2.05) is 30.3 Å². The van der Waals surface area contributed by atoms with Crippen LogP contribution in [0, 0.1) is 6.92 Å². The van der Waals surface area contributed by atoms with Crippen molar-refractivity contribution in [3.8, 4) is 11.4 Å². The number of hydrogen-bond acceptors (Lipinski definition) is 6. The lowest BCUT2D eigenvalue weighted by Crippen LogP contribution is -2.28. The molecule has 1 amide bonds. The zero-order valence-corrected chi connectivity index (χ0v) is 16.6. The van der Waals surface area contributed by atoms with Gasteiger partial charge in [-0.3, -0.25) is 4.79 Å². The van der Waals surface area contributed by atoms with Crippen LogP contribution in [0.5, 0.6) is 0 Å². The Morgan fingerprint density at radius 3 is 2.41 bits per heavy atom. The third-order valence-corrected chi connectivity index (χ3v) is 6.73. The Morgan fingerprint density at radius 2 is 1.76 bits per heavy atom. The molecule has 8 nitrogen and oxygen atoms in total. The molecule has 29 heavy (non-hydrogen) atoms. The van der Waals surface area contributed by atoms with Crippen LogP contribution in [0.15, 0.2) is 58.1 Å². The van der Waals surface area contributed by atoms with E-state index in [1.54, 1.807) is 0 Å². The van der Waals surface area contributed by atoms with Crippen molar-refractivity contribution in [1.29, 1.82) is 0 Å². The van der Waals surface area contributed by atoms with Gasteiger partial charge in [-0.25, -0.2) is 18.4 Å². The summed E-state index contributed by atoms with van der Waals surface area (Å²) in [6.45, 7) is 2.51. The minimum absolute atomic E-state index is 0.0280. The predicted octanol–water partition coefficient (Wildman–Crippen LogP) is 3.08. The first-order valence-corrected chi connectivity index (χ1v) is 10.7. The van der Waals surface area contributed by atoms with Crippen LogP contribution >= 0.6 is 0 Å². The molecule has 0 bridgehead atoms. The number of carbonyl (C=O) groups excluding carboxylic acids is 1. The Labute approximate surface area is 168 Å². The lowest BCUT2D eigenvalue weighted by molar-refractivity contribution is 0.0995. The van der Waals surface area contributed by atoms with Gasteiger partial charge in [0.15, 0.2) is 11.6 Å². The molecule has 150 valence electrons. The molecule has 1 saturated heterocycles. The Kier molecular flexibility index (Phi) is 5.16. The maximum Gasteiger partial charge on any atom is 0.291 e. The van der Waals surface area contributed by atoms with Gasteiger partial charge in [0, 0.05) is 24.7 Å². The molecule has 9 heteroatoms. The quantitative estimate of drug-likeness (QED) is 0.690. The van der Waals surface area contributed by atoms with Gasteiger partial charge in [0.25, 0.3) is 5.91 Å². The first kappa shape index (κ1) is 19.3. The monoisotopic (exact) mass is 412 g/mol. The summed E-state index contributed by atoms with van der Waals surface area (Å²) in [5.74, 6) is 0.0913. The number of benzene rings is 1. The number of hydrogen-bond donors (Lipinski definition) is 1. The second-order valence-corrected chi connectivity index (χ2v) is 8.66. The summed E-state index contributed by atoms with van der Waals surface area (Å²) < 4.78 is 32.3. The van der Waals surface area contributed by atoms with Gasteiger partial charge < -0.3 is 9.73 Å². The molecule has 0 radical (unpaired) electrons. The van der Waals surface area contributed by atoms with Crippen LogP contribution in [0.1, 0.15) is 29.2 Å². The van der Waals surface area contributed by atoms with Crippen LogP contribution in [-0.2, 0) is 10.0 Å². The minimum atomic E-state index is -3.66. The molecular weight excluding hydrogens is 392 g/mol. The molecule has 4 rings (SSSR count). The fourth-order valence-corrected chi connectivity index (χ4v) is 4.90. The summed E-state index contributed by atoms with van der Waals surface area (Å²) in [6.07, 6.45) is 4.65. The summed E-state index contributed by atoms with van der Waals surface area (Å²) in [7, 11) is -3.66. The third kappa shape index (κ3) is 3.92. The van der Waals surface area contributed by atoms with E-state index >= 15 is 0 Å². The average molecular weight is 412 g/mol. The van der Waals surface area contributed by atoms with E-state index in [0.717, 1.165) is 18.4 Å². The summed E-state index contributed by atoms with van der Waals surface area (Å²) in [5, 5.41) is 2.63. The molecule has 0 atom stereocenters. The number of nitrogens with zero attached hydrogens (tertiary/aromatic N) is 3. The van der Waals surface area contributed by atoms with Crippen LogP contribution in [0.25, 0.3) is 11.4 Å². The van der Waals surface area contributed by atoms with E-state index in [0.29, 0.717) is 24.6 Å². The van der Waals surface area contributed by atoms with Crippen LogP contribution in [0.2, 0.25) is 0 Å². The zero-order chi connectivity index (χ0) is 20.4. The van der Waals surface area contributed by atoms with Crippen molar-refractivity contribution in [3.63, 3.8) is 0 Å². The molecule has 2 aromatic heterocycles. The molecule has 0 saturated carbocycles. The second-order valence-electron chi connectivity index (χ2n) is 6.76. The van der Waals surface area contributed by atoms with E-state index in [2.05, 4.69) is 15.3 Å². The predicted molar refractivity (Wildman–Crippen MR) is 107 cm³/mol. The molecule has 1 N–H and O–H groups in total. The van der Waals surface area contributed by atoms with E-state index < -0.39 is 15.9 Å². The Morgan fingerprint density at radius 1 is 1.10 bits per heavy atom. The molecule has 1 aliphatic rings. The largest absolute Gasteiger partial charge is 0.455 e. The second kappa shape index (κ2) is 7.76. The van der Waals surface area contributed by atoms with Crippen molar-refractivity contribution in [2.45, 2.75) is 24.7 Å². The highest BCUT2D eigenvalue weighted by molar-refractivity contribution is 7.89. The molecular formula is C20H20N4O4S. The number of aromatic nitrogens is 2. The molecule has 1 aliphatic heterocycles. The number of rotatable bonds is 5. The standard InChI is InChI=1S/C20H20N4O4S/c1-14-18(29(26,27)24-9-5-6-10-24)11-17(28-14)20(25)23-16-12-21-19(22-13-16)15-7-3-2-4-8-15/h2-4,7-8,11-13H,5-6,9-10H2,1H3,(H,23,25). The molecule has 0 unspecified atom stereocenters. The minimum Gasteiger partial charge on any atom is -0.455 e. The van der Waals surface area contributed by atoms with Gasteiger partial charge in [-0.1, -0.05) is 30.3 Å². The number of carbonyl (C=O) groups is 1. The van der Waals surface area contributed by atoms with Crippen LogP contribution in [0.3, 0.4) is 0 Å². The fourth-order valence-electron chi connectivity index (χ4n) is 3.22. The van der Waals surface area contributed by atoms with Crippen molar-refractivity contribution >= 4 is 21.6 Å². The van der Waals surface area contributed by atoms with Gasteiger partial charge in [0.1, 0.15) is 10.7 Å². The zero-order valence-electron chi connectivity index (χ0n) is 15.8. The number of aryl methyl sites for hydroxylation is 1. The average Bonchev–Trinajstić information content (AvgIpc) is 3.40.